The summed E-state index contributed by atoms with van der Waals surface area (Å²) in [6, 6.07) is 0.0242. The second kappa shape index (κ2) is 6.21. The molecule has 1 unspecified atom stereocenters. The summed E-state index contributed by atoms with van der Waals surface area (Å²) in [5.74, 6) is 0.824. The van der Waals surface area contributed by atoms with Gasteiger partial charge in [0.15, 0.2) is 0 Å². The molecular formula is C11H17ClN2OS. The van der Waals surface area contributed by atoms with E-state index in [4.69, 9.17) is 11.6 Å². The molecule has 0 aliphatic heterocycles. The lowest BCUT2D eigenvalue weighted by Crippen LogP contribution is -2.37. The fraction of sp³-hybridized carbons (Fsp3) is 0.636. The van der Waals surface area contributed by atoms with Gasteiger partial charge in [0.1, 0.15) is 5.69 Å². The van der Waals surface area contributed by atoms with Crippen LogP contribution in [0.5, 0.6) is 0 Å². The minimum absolute atomic E-state index is 0.0242. The van der Waals surface area contributed by atoms with E-state index in [0.29, 0.717) is 17.5 Å². The van der Waals surface area contributed by atoms with Crippen LogP contribution in [0.2, 0.25) is 0 Å². The molecule has 16 heavy (non-hydrogen) atoms. The van der Waals surface area contributed by atoms with Gasteiger partial charge in [-0.3, -0.25) is 4.79 Å². The minimum Gasteiger partial charge on any atom is -0.347 e. The Bertz CT molecular complexity index is 352. The third kappa shape index (κ3) is 4.10. The number of thiazole rings is 1. The van der Waals surface area contributed by atoms with E-state index in [9.17, 15) is 4.79 Å². The lowest BCUT2D eigenvalue weighted by Gasteiger charge is -2.17. The fourth-order valence-electron chi connectivity index (χ4n) is 1.46. The van der Waals surface area contributed by atoms with Gasteiger partial charge in [0, 0.05) is 17.3 Å². The van der Waals surface area contributed by atoms with E-state index in [1.54, 1.807) is 5.38 Å². The molecule has 1 aromatic heterocycles. The van der Waals surface area contributed by atoms with Crippen LogP contribution < -0.4 is 5.32 Å². The first-order valence-electron chi connectivity index (χ1n) is 5.32. The van der Waals surface area contributed by atoms with Gasteiger partial charge < -0.3 is 5.32 Å². The number of carbonyl (C=O) groups excluding carboxylic acids is 1. The smallest absolute Gasteiger partial charge is 0.271 e. The number of halogens is 1. The number of hydrogen-bond donors (Lipinski definition) is 1. The largest absolute Gasteiger partial charge is 0.347 e. The number of amides is 1. The topological polar surface area (TPSA) is 42.0 Å². The van der Waals surface area contributed by atoms with Gasteiger partial charge in [0.05, 0.1) is 5.01 Å². The summed E-state index contributed by atoms with van der Waals surface area (Å²) in [4.78, 5) is 15.9. The van der Waals surface area contributed by atoms with Crippen molar-refractivity contribution >= 4 is 28.8 Å². The number of nitrogens with zero attached hydrogens (tertiary/aromatic N) is 1. The molecule has 1 amide bonds. The number of rotatable bonds is 5. The van der Waals surface area contributed by atoms with E-state index >= 15 is 0 Å². The molecule has 0 aromatic carbocycles. The maximum absolute atomic E-state index is 11.8. The van der Waals surface area contributed by atoms with Gasteiger partial charge in [-0.1, -0.05) is 13.8 Å². The highest BCUT2D eigenvalue weighted by atomic mass is 35.5. The van der Waals surface area contributed by atoms with E-state index in [1.165, 1.54) is 11.3 Å². The van der Waals surface area contributed by atoms with E-state index in [2.05, 4.69) is 24.1 Å². The molecule has 0 radical (unpaired) electrons. The molecule has 0 saturated carbocycles. The SMILES string of the molecule is Cc1nc(C(=O)NC(CCl)CC(C)C)cs1. The van der Waals surface area contributed by atoms with Crippen LogP contribution in [0.15, 0.2) is 5.38 Å². The van der Waals surface area contributed by atoms with Gasteiger partial charge in [0.25, 0.3) is 5.91 Å². The average molecular weight is 261 g/mol. The quantitative estimate of drug-likeness (QED) is 0.828. The lowest BCUT2D eigenvalue weighted by molar-refractivity contribution is 0.0932. The fourth-order valence-corrected chi connectivity index (χ4v) is 2.25. The number of hydrogen-bond acceptors (Lipinski definition) is 3. The number of aryl methyl sites for hydroxylation is 1. The van der Waals surface area contributed by atoms with Crippen LogP contribution in [-0.4, -0.2) is 22.8 Å². The van der Waals surface area contributed by atoms with Crippen LogP contribution in [0.3, 0.4) is 0 Å². The van der Waals surface area contributed by atoms with E-state index in [-0.39, 0.29) is 11.9 Å². The second-order valence-electron chi connectivity index (χ2n) is 4.21. The molecule has 1 rings (SSSR count). The lowest BCUT2D eigenvalue weighted by atomic mass is 10.1. The van der Waals surface area contributed by atoms with Crippen LogP contribution in [0.1, 0.15) is 35.8 Å². The first kappa shape index (κ1) is 13.5. The van der Waals surface area contributed by atoms with Crippen molar-refractivity contribution in [1.82, 2.24) is 10.3 Å². The van der Waals surface area contributed by atoms with Crippen molar-refractivity contribution in [3.05, 3.63) is 16.1 Å². The Kier molecular flexibility index (Phi) is 5.22. The predicted molar refractivity (Wildman–Crippen MR) is 68.3 cm³/mol. The van der Waals surface area contributed by atoms with Crippen LogP contribution in [0.25, 0.3) is 0 Å². The number of aromatic nitrogens is 1. The highest BCUT2D eigenvalue weighted by molar-refractivity contribution is 7.09. The van der Waals surface area contributed by atoms with Crippen molar-refractivity contribution in [3.63, 3.8) is 0 Å². The molecular weight excluding hydrogens is 244 g/mol. The van der Waals surface area contributed by atoms with Gasteiger partial charge in [-0.15, -0.1) is 22.9 Å². The molecule has 3 nitrogen and oxygen atoms in total. The van der Waals surface area contributed by atoms with Crippen LogP contribution >= 0.6 is 22.9 Å². The minimum atomic E-state index is -0.129. The Morgan fingerprint density at radius 2 is 2.31 bits per heavy atom. The highest BCUT2D eigenvalue weighted by Crippen LogP contribution is 2.10. The number of nitrogens with one attached hydrogen (secondary N) is 1. The van der Waals surface area contributed by atoms with Crippen molar-refractivity contribution in [2.45, 2.75) is 33.2 Å². The molecule has 90 valence electrons. The van der Waals surface area contributed by atoms with Crippen molar-refractivity contribution in [3.8, 4) is 0 Å². The molecule has 5 heteroatoms. The molecule has 1 N–H and O–H groups in total. The van der Waals surface area contributed by atoms with Crippen LogP contribution in [0.4, 0.5) is 0 Å². The summed E-state index contributed by atoms with van der Waals surface area (Å²) in [7, 11) is 0. The van der Waals surface area contributed by atoms with Crippen molar-refractivity contribution in [1.29, 1.82) is 0 Å². The first-order valence-corrected chi connectivity index (χ1v) is 6.73. The summed E-state index contributed by atoms with van der Waals surface area (Å²) < 4.78 is 0. The molecule has 1 heterocycles. The molecule has 0 fully saturated rings. The Morgan fingerprint density at radius 3 is 2.75 bits per heavy atom. The molecule has 0 bridgehead atoms. The second-order valence-corrected chi connectivity index (χ2v) is 5.58. The maximum Gasteiger partial charge on any atom is 0.271 e. The third-order valence-corrected chi connectivity index (χ3v) is 3.28. The van der Waals surface area contributed by atoms with E-state index < -0.39 is 0 Å². The monoisotopic (exact) mass is 260 g/mol. The first-order chi connectivity index (χ1) is 7.52. The highest BCUT2D eigenvalue weighted by Gasteiger charge is 2.15. The summed E-state index contributed by atoms with van der Waals surface area (Å²) in [5.41, 5.74) is 0.487. The summed E-state index contributed by atoms with van der Waals surface area (Å²) in [6.45, 7) is 6.10. The van der Waals surface area contributed by atoms with Crippen molar-refractivity contribution in [2.75, 3.05) is 5.88 Å². The van der Waals surface area contributed by atoms with Gasteiger partial charge >= 0.3 is 0 Å². The van der Waals surface area contributed by atoms with E-state index in [0.717, 1.165) is 11.4 Å². The zero-order valence-corrected chi connectivity index (χ0v) is 11.4. The Labute approximate surface area is 105 Å². The van der Waals surface area contributed by atoms with Gasteiger partial charge in [-0.05, 0) is 19.3 Å². The predicted octanol–water partition coefficient (Wildman–Crippen LogP) is 2.83. The Morgan fingerprint density at radius 1 is 1.62 bits per heavy atom. The number of alkyl halides is 1. The molecule has 0 aliphatic carbocycles. The molecule has 1 aromatic rings. The van der Waals surface area contributed by atoms with Gasteiger partial charge in [0.2, 0.25) is 0 Å². The zero-order chi connectivity index (χ0) is 12.1. The normalized spacial score (nSPS) is 12.8. The van der Waals surface area contributed by atoms with Gasteiger partial charge in [-0.2, -0.15) is 0 Å². The number of carbonyl (C=O) groups is 1. The third-order valence-electron chi connectivity index (χ3n) is 2.13. The van der Waals surface area contributed by atoms with Crippen LogP contribution in [0, 0.1) is 12.8 Å². The molecule has 0 spiro atoms. The van der Waals surface area contributed by atoms with E-state index in [1.807, 2.05) is 6.92 Å². The van der Waals surface area contributed by atoms with Gasteiger partial charge in [-0.25, -0.2) is 4.98 Å². The standard InChI is InChI=1S/C11H17ClN2OS/c1-7(2)4-9(5-12)14-11(15)10-6-16-8(3)13-10/h6-7,9H,4-5H2,1-3H3,(H,14,15). The summed E-state index contributed by atoms with van der Waals surface area (Å²) in [5, 5.41) is 5.57. The molecule has 0 saturated heterocycles. The summed E-state index contributed by atoms with van der Waals surface area (Å²) in [6.07, 6.45) is 0.887. The van der Waals surface area contributed by atoms with Crippen LogP contribution in [-0.2, 0) is 0 Å². The van der Waals surface area contributed by atoms with Crippen molar-refractivity contribution < 1.29 is 4.79 Å². The Balaban J connectivity index is 2.55. The molecule has 0 aliphatic rings. The molecule has 1 atom stereocenters. The zero-order valence-electron chi connectivity index (χ0n) is 9.79. The maximum atomic E-state index is 11.8. The average Bonchev–Trinajstić information content (AvgIpc) is 2.63. The van der Waals surface area contributed by atoms with Crippen molar-refractivity contribution in [2.24, 2.45) is 5.92 Å². The Hall–Kier alpha value is -0.610. The summed E-state index contributed by atoms with van der Waals surface area (Å²) >= 11 is 7.29.